The van der Waals surface area contributed by atoms with Gasteiger partial charge in [-0.25, -0.2) is 17.6 Å². The molecule has 0 saturated heterocycles. The number of carbonyl (C=O) groups excluding carboxylic acids is 2. The van der Waals surface area contributed by atoms with Crippen molar-refractivity contribution in [2.75, 3.05) is 10.6 Å². The highest BCUT2D eigenvalue weighted by molar-refractivity contribution is 6.07. The lowest BCUT2D eigenvalue weighted by molar-refractivity contribution is 0.102. The topological polar surface area (TPSA) is 71.1 Å². The molecule has 2 aromatic carbocycles. The van der Waals surface area contributed by atoms with Crippen LogP contribution in [-0.4, -0.2) is 16.8 Å². The van der Waals surface area contributed by atoms with Crippen LogP contribution in [0.2, 0.25) is 0 Å². The summed E-state index contributed by atoms with van der Waals surface area (Å²) in [5.74, 6) is -4.92. The van der Waals surface area contributed by atoms with Gasteiger partial charge >= 0.3 is 0 Å². The number of anilines is 2. The quantitative estimate of drug-likeness (QED) is 0.659. The lowest BCUT2D eigenvalue weighted by Gasteiger charge is -2.09. The minimum Gasteiger partial charge on any atom is -0.319 e. The maximum Gasteiger partial charge on any atom is 0.274 e. The van der Waals surface area contributed by atoms with Gasteiger partial charge in [-0.1, -0.05) is 0 Å². The smallest absolute Gasteiger partial charge is 0.274 e. The van der Waals surface area contributed by atoms with Gasteiger partial charge in [-0.15, -0.1) is 0 Å². The first kappa shape index (κ1) is 19.0. The average molecular weight is 389 g/mol. The number of hydrogen-bond acceptors (Lipinski definition) is 3. The summed E-state index contributed by atoms with van der Waals surface area (Å²) in [6.07, 6.45) is 1.13. The molecule has 5 nitrogen and oxygen atoms in total. The highest BCUT2D eigenvalue weighted by Crippen LogP contribution is 2.18. The average Bonchev–Trinajstić information content (AvgIpc) is 2.67. The first-order valence-electron chi connectivity index (χ1n) is 7.82. The standard InChI is InChI=1S/C19H11F4N3O2/c20-11-1-3-13(22)15(8-11)25-18(27)10-5-6-24-17(7-10)19(28)26-16-9-12(21)2-4-14(16)23/h1-9H,(H,25,27)(H,26,28). The van der Waals surface area contributed by atoms with E-state index in [1.54, 1.807) is 0 Å². The van der Waals surface area contributed by atoms with Crippen molar-refractivity contribution < 1.29 is 27.2 Å². The van der Waals surface area contributed by atoms with Crippen LogP contribution in [0.4, 0.5) is 28.9 Å². The van der Waals surface area contributed by atoms with Crippen LogP contribution in [-0.2, 0) is 0 Å². The molecule has 0 aliphatic carbocycles. The van der Waals surface area contributed by atoms with Gasteiger partial charge in [0.1, 0.15) is 29.0 Å². The van der Waals surface area contributed by atoms with Gasteiger partial charge in [0.15, 0.2) is 0 Å². The molecule has 2 amide bonds. The number of halogens is 4. The summed E-state index contributed by atoms with van der Waals surface area (Å²) in [4.78, 5) is 28.2. The summed E-state index contributed by atoms with van der Waals surface area (Å²) in [5, 5.41) is 4.32. The van der Waals surface area contributed by atoms with Gasteiger partial charge in [-0.2, -0.15) is 0 Å². The van der Waals surface area contributed by atoms with Crippen LogP contribution in [0.15, 0.2) is 54.7 Å². The maximum absolute atomic E-state index is 13.6. The fourth-order valence-electron chi connectivity index (χ4n) is 2.26. The Morgan fingerprint density at radius 1 is 0.714 bits per heavy atom. The van der Waals surface area contributed by atoms with Gasteiger partial charge in [-0.3, -0.25) is 14.6 Å². The van der Waals surface area contributed by atoms with E-state index in [0.29, 0.717) is 0 Å². The SMILES string of the molecule is O=C(Nc1cc(F)ccc1F)c1ccnc(C(=O)Nc2cc(F)ccc2F)c1. The number of amides is 2. The van der Waals surface area contributed by atoms with Crippen molar-refractivity contribution in [1.29, 1.82) is 0 Å². The first-order chi connectivity index (χ1) is 13.3. The van der Waals surface area contributed by atoms with Gasteiger partial charge in [0.25, 0.3) is 11.8 Å². The van der Waals surface area contributed by atoms with Crippen molar-refractivity contribution in [3.63, 3.8) is 0 Å². The van der Waals surface area contributed by atoms with Crippen LogP contribution in [0.3, 0.4) is 0 Å². The van der Waals surface area contributed by atoms with Crippen LogP contribution in [0.5, 0.6) is 0 Å². The van der Waals surface area contributed by atoms with Gasteiger partial charge in [0.2, 0.25) is 0 Å². The lowest BCUT2D eigenvalue weighted by Crippen LogP contribution is -2.18. The van der Waals surface area contributed by atoms with Crippen molar-refractivity contribution in [2.24, 2.45) is 0 Å². The summed E-state index contributed by atoms with van der Waals surface area (Å²) in [6, 6.07) is 7.38. The predicted molar refractivity (Wildman–Crippen MR) is 92.9 cm³/mol. The highest BCUT2D eigenvalue weighted by Gasteiger charge is 2.15. The third kappa shape index (κ3) is 4.32. The third-order valence-corrected chi connectivity index (χ3v) is 3.61. The third-order valence-electron chi connectivity index (χ3n) is 3.61. The van der Waals surface area contributed by atoms with E-state index in [4.69, 9.17) is 0 Å². The Morgan fingerprint density at radius 2 is 1.25 bits per heavy atom. The zero-order valence-corrected chi connectivity index (χ0v) is 14.0. The zero-order chi connectivity index (χ0) is 20.3. The molecule has 9 heteroatoms. The van der Waals surface area contributed by atoms with Crippen molar-refractivity contribution in [3.05, 3.63) is 89.3 Å². The number of aromatic nitrogens is 1. The van der Waals surface area contributed by atoms with Gasteiger partial charge in [0, 0.05) is 23.9 Å². The van der Waals surface area contributed by atoms with Gasteiger partial charge in [0.05, 0.1) is 11.4 Å². The molecule has 0 radical (unpaired) electrons. The maximum atomic E-state index is 13.6. The van der Waals surface area contributed by atoms with E-state index in [0.717, 1.165) is 48.7 Å². The molecule has 0 atom stereocenters. The second-order valence-corrected chi connectivity index (χ2v) is 5.59. The van der Waals surface area contributed by atoms with Gasteiger partial charge in [-0.05, 0) is 36.4 Å². The molecule has 0 aliphatic heterocycles. The number of rotatable bonds is 4. The van der Waals surface area contributed by atoms with Gasteiger partial charge < -0.3 is 10.6 Å². The van der Waals surface area contributed by atoms with E-state index in [-0.39, 0.29) is 16.9 Å². The highest BCUT2D eigenvalue weighted by atomic mass is 19.1. The van der Waals surface area contributed by atoms with Crippen LogP contribution in [0.1, 0.15) is 20.8 Å². The minimum absolute atomic E-state index is 0.0801. The van der Waals surface area contributed by atoms with Crippen molar-refractivity contribution in [3.8, 4) is 0 Å². The zero-order valence-electron chi connectivity index (χ0n) is 14.0. The molecule has 0 aliphatic rings. The molecule has 3 aromatic rings. The number of nitrogens with zero attached hydrogens (tertiary/aromatic N) is 1. The number of hydrogen-bond donors (Lipinski definition) is 2. The van der Waals surface area contributed by atoms with Crippen LogP contribution >= 0.6 is 0 Å². The molecule has 1 aromatic heterocycles. The minimum atomic E-state index is -0.893. The molecular formula is C19H11F4N3O2. The normalized spacial score (nSPS) is 10.4. The van der Waals surface area contributed by atoms with Crippen LogP contribution in [0, 0.1) is 23.3 Å². The summed E-state index contributed by atoms with van der Waals surface area (Å²) in [5.41, 5.74) is -1.13. The fourth-order valence-corrected chi connectivity index (χ4v) is 2.26. The van der Waals surface area contributed by atoms with E-state index in [9.17, 15) is 27.2 Å². The number of carbonyl (C=O) groups is 2. The molecule has 3 rings (SSSR count). The first-order valence-corrected chi connectivity index (χ1v) is 7.82. The lowest BCUT2D eigenvalue weighted by atomic mass is 10.2. The number of pyridine rings is 1. The predicted octanol–water partition coefficient (Wildman–Crippen LogP) is 4.14. The van der Waals surface area contributed by atoms with Crippen molar-refractivity contribution >= 4 is 23.2 Å². The molecule has 28 heavy (non-hydrogen) atoms. The summed E-state index contributed by atoms with van der Waals surface area (Å²) >= 11 is 0. The molecule has 0 spiro atoms. The molecule has 0 unspecified atom stereocenters. The summed E-state index contributed by atoms with van der Waals surface area (Å²) in [6.45, 7) is 0. The van der Waals surface area contributed by atoms with E-state index < -0.39 is 40.8 Å². The second-order valence-electron chi connectivity index (χ2n) is 5.59. The van der Waals surface area contributed by atoms with E-state index >= 15 is 0 Å². The Morgan fingerprint density at radius 3 is 1.82 bits per heavy atom. The van der Waals surface area contributed by atoms with Crippen LogP contribution < -0.4 is 10.6 Å². The summed E-state index contributed by atoms with van der Waals surface area (Å²) < 4.78 is 53.7. The molecule has 0 bridgehead atoms. The van der Waals surface area contributed by atoms with E-state index in [2.05, 4.69) is 15.6 Å². The molecule has 2 N–H and O–H groups in total. The van der Waals surface area contributed by atoms with E-state index in [1.165, 1.54) is 6.07 Å². The largest absolute Gasteiger partial charge is 0.319 e. The molecule has 1 heterocycles. The number of benzene rings is 2. The molecule has 0 fully saturated rings. The Hall–Kier alpha value is -3.75. The molecule has 0 saturated carbocycles. The Labute approximate surface area is 156 Å². The fraction of sp³-hybridized carbons (Fsp3) is 0. The Bertz CT molecular complexity index is 992. The second kappa shape index (κ2) is 7.87. The Kier molecular flexibility index (Phi) is 5.35. The number of nitrogens with one attached hydrogen (secondary N) is 2. The van der Waals surface area contributed by atoms with Crippen molar-refractivity contribution in [1.82, 2.24) is 4.98 Å². The van der Waals surface area contributed by atoms with Crippen molar-refractivity contribution in [2.45, 2.75) is 0 Å². The van der Waals surface area contributed by atoms with E-state index in [1.807, 2.05) is 0 Å². The monoisotopic (exact) mass is 389 g/mol. The summed E-state index contributed by atoms with van der Waals surface area (Å²) in [7, 11) is 0. The van der Waals surface area contributed by atoms with Crippen LogP contribution in [0.25, 0.3) is 0 Å². The molecule has 142 valence electrons. The Balaban J connectivity index is 1.79. The molecular weight excluding hydrogens is 378 g/mol.